The lowest BCUT2D eigenvalue weighted by molar-refractivity contribution is 1.68. The molecule has 0 unspecified atom stereocenters. The SMILES string of the molecule is CC=CCI. The van der Waals surface area contributed by atoms with Crippen LogP contribution in [0.3, 0.4) is 0 Å². The van der Waals surface area contributed by atoms with Crippen LogP contribution in [0.2, 0.25) is 0 Å². The molecule has 0 saturated carbocycles. The first kappa shape index (κ1) is 5.47. The Morgan fingerprint density at radius 3 is 2.40 bits per heavy atom. The van der Waals surface area contributed by atoms with Crippen molar-refractivity contribution in [2.75, 3.05) is 4.43 Å². The normalized spacial score (nSPS) is 10.0. The van der Waals surface area contributed by atoms with Gasteiger partial charge in [0.2, 0.25) is 0 Å². The van der Waals surface area contributed by atoms with Crippen LogP contribution < -0.4 is 0 Å². The van der Waals surface area contributed by atoms with E-state index < -0.39 is 0 Å². The van der Waals surface area contributed by atoms with Gasteiger partial charge in [0.25, 0.3) is 0 Å². The van der Waals surface area contributed by atoms with E-state index in [2.05, 4.69) is 28.7 Å². The van der Waals surface area contributed by atoms with E-state index in [1.54, 1.807) is 0 Å². The maximum Gasteiger partial charge on any atom is 0.0175 e. The number of hydrogen-bond acceptors (Lipinski definition) is 0. The summed E-state index contributed by atoms with van der Waals surface area (Å²) in [7, 11) is 0. The smallest absolute Gasteiger partial charge is 0.0175 e. The van der Waals surface area contributed by atoms with Crippen LogP contribution in [0.4, 0.5) is 0 Å². The second-order valence-electron chi connectivity index (χ2n) is 0.723. The Morgan fingerprint density at radius 1 is 1.80 bits per heavy atom. The van der Waals surface area contributed by atoms with Gasteiger partial charge in [0.1, 0.15) is 0 Å². The topological polar surface area (TPSA) is 0 Å². The maximum absolute atomic E-state index is 2.30. The quantitative estimate of drug-likeness (QED) is 0.330. The van der Waals surface area contributed by atoms with Crippen molar-refractivity contribution in [3.05, 3.63) is 12.2 Å². The standard InChI is InChI=1S/C4H7I/c1-2-3-4-5/h2-3H,4H2,1H3. The highest BCUT2D eigenvalue weighted by Gasteiger charge is 1.54. The number of hydrogen-bond donors (Lipinski definition) is 0. The Morgan fingerprint density at radius 2 is 2.40 bits per heavy atom. The van der Waals surface area contributed by atoms with Gasteiger partial charge < -0.3 is 0 Å². The summed E-state index contributed by atoms with van der Waals surface area (Å²) in [5.41, 5.74) is 0. The van der Waals surface area contributed by atoms with Crippen molar-refractivity contribution in [3.63, 3.8) is 0 Å². The molecule has 0 aliphatic rings. The zero-order valence-electron chi connectivity index (χ0n) is 3.24. The largest absolute Gasteiger partial charge is 0.0909 e. The highest BCUT2D eigenvalue weighted by atomic mass is 127. The molecule has 0 amide bonds. The number of rotatable bonds is 1. The van der Waals surface area contributed by atoms with Crippen molar-refractivity contribution in [2.45, 2.75) is 6.92 Å². The van der Waals surface area contributed by atoms with Gasteiger partial charge in [-0.3, -0.25) is 0 Å². The van der Waals surface area contributed by atoms with Gasteiger partial charge in [-0.15, -0.1) is 0 Å². The van der Waals surface area contributed by atoms with Crippen LogP contribution in [0.25, 0.3) is 0 Å². The van der Waals surface area contributed by atoms with Crippen LogP contribution in [-0.4, -0.2) is 4.43 Å². The summed E-state index contributed by atoms with van der Waals surface area (Å²) in [6.07, 6.45) is 4.16. The molecular formula is C4H7I. The van der Waals surface area contributed by atoms with E-state index in [0.717, 1.165) is 4.43 Å². The molecule has 5 heavy (non-hydrogen) atoms. The molecule has 0 nitrogen and oxygen atoms in total. The molecule has 0 heterocycles. The predicted octanol–water partition coefficient (Wildman–Crippen LogP) is 2.00. The molecule has 0 bridgehead atoms. The molecule has 0 aromatic carbocycles. The minimum Gasteiger partial charge on any atom is -0.0909 e. The highest BCUT2D eigenvalue weighted by molar-refractivity contribution is 14.1. The molecule has 0 rings (SSSR count). The van der Waals surface area contributed by atoms with E-state index in [1.165, 1.54) is 0 Å². The molecule has 0 aliphatic carbocycles. The maximum atomic E-state index is 2.30. The first-order valence-electron chi connectivity index (χ1n) is 1.59. The van der Waals surface area contributed by atoms with Gasteiger partial charge in [-0.2, -0.15) is 0 Å². The first-order valence-corrected chi connectivity index (χ1v) is 3.11. The molecule has 0 spiro atoms. The van der Waals surface area contributed by atoms with Crippen molar-refractivity contribution in [1.29, 1.82) is 0 Å². The molecule has 30 valence electrons. The number of allylic oxidation sites excluding steroid dienone is 2. The van der Waals surface area contributed by atoms with Crippen LogP contribution in [-0.2, 0) is 0 Å². The second-order valence-corrected chi connectivity index (χ2v) is 1.60. The van der Waals surface area contributed by atoms with Crippen LogP contribution in [0.1, 0.15) is 6.92 Å². The van der Waals surface area contributed by atoms with Crippen LogP contribution in [0.5, 0.6) is 0 Å². The lowest BCUT2D eigenvalue weighted by Crippen LogP contribution is -1.49. The summed E-state index contributed by atoms with van der Waals surface area (Å²) < 4.78 is 1.13. The van der Waals surface area contributed by atoms with Gasteiger partial charge in [-0.1, -0.05) is 34.7 Å². The lowest BCUT2D eigenvalue weighted by atomic mass is 10.6. The average Bonchev–Trinajstić information content (AvgIpc) is 1.41. The molecule has 0 aliphatic heterocycles. The summed E-state index contributed by atoms with van der Waals surface area (Å²) in [6.45, 7) is 2.03. The highest BCUT2D eigenvalue weighted by Crippen LogP contribution is 1.79. The van der Waals surface area contributed by atoms with E-state index in [-0.39, 0.29) is 0 Å². The molecular weight excluding hydrogens is 175 g/mol. The third-order valence-corrected chi connectivity index (χ3v) is 0.833. The second kappa shape index (κ2) is 4.47. The van der Waals surface area contributed by atoms with Gasteiger partial charge in [0.15, 0.2) is 0 Å². The van der Waals surface area contributed by atoms with Gasteiger partial charge >= 0.3 is 0 Å². The van der Waals surface area contributed by atoms with Crippen LogP contribution >= 0.6 is 22.6 Å². The fourth-order valence-electron chi connectivity index (χ4n) is 0.0891. The Balaban J connectivity index is 2.62. The molecule has 0 radical (unpaired) electrons. The van der Waals surface area contributed by atoms with E-state index in [0.29, 0.717) is 0 Å². The molecule has 0 aromatic heterocycles. The van der Waals surface area contributed by atoms with Crippen molar-refractivity contribution in [1.82, 2.24) is 0 Å². The predicted molar refractivity (Wildman–Crippen MR) is 33.7 cm³/mol. The molecule has 0 atom stereocenters. The van der Waals surface area contributed by atoms with Gasteiger partial charge in [-0.25, -0.2) is 0 Å². The van der Waals surface area contributed by atoms with Crippen molar-refractivity contribution < 1.29 is 0 Å². The summed E-state index contributed by atoms with van der Waals surface area (Å²) >= 11 is 2.30. The first-order chi connectivity index (χ1) is 2.41. The monoisotopic (exact) mass is 182 g/mol. The van der Waals surface area contributed by atoms with Crippen LogP contribution in [0.15, 0.2) is 12.2 Å². The Labute approximate surface area is 46.4 Å². The lowest BCUT2D eigenvalue weighted by Gasteiger charge is -1.63. The van der Waals surface area contributed by atoms with Crippen molar-refractivity contribution in [3.8, 4) is 0 Å². The van der Waals surface area contributed by atoms with E-state index >= 15 is 0 Å². The van der Waals surface area contributed by atoms with Crippen LogP contribution in [0, 0.1) is 0 Å². The molecule has 0 N–H and O–H groups in total. The Bertz CT molecular complexity index is 30.6. The minimum absolute atomic E-state index is 1.13. The number of halogens is 1. The van der Waals surface area contributed by atoms with Crippen molar-refractivity contribution >= 4 is 22.6 Å². The summed E-state index contributed by atoms with van der Waals surface area (Å²) in [6, 6.07) is 0. The summed E-state index contributed by atoms with van der Waals surface area (Å²) in [4.78, 5) is 0. The molecule has 0 saturated heterocycles. The van der Waals surface area contributed by atoms with E-state index in [9.17, 15) is 0 Å². The summed E-state index contributed by atoms with van der Waals surface area (Å²) in [5.74, 6) is 0. The zero-order chi connectivity index (χ0) is 4.12. The van der Waals surface area contributed by atoms with Crippen molar-refractivity contribution in [2.24, 2.45) is 0 Å². The van der Waals surface area contributed by atoms with Gasteiger partial charge in [0.05, 0.1) is 0 Å². The van der Waals surface area contributed by atoms with E-state index in [4.69, 9.17) is 0 Å². The number of alkyl halides is 1. The third kappa shape index (κ3) is 4.47. The fourth-order valence-corrected chi connectivity index (χ4v) is 0.598. The third-order valence-electron chi connectivity index (χ3n) is 0.325. The average molecular weight is 182 g/mol. The Hall–Kier alpha value is 0.470. The van der Waals surface area contributed by atoms with Gasteiger partial charge in [-0.05, 0) is 6.92 Å². The van der Waals surface area contributed by atoms with Gasteiger partial charge in [0, 0.05) is 4.43 Å². The zero-order valence-corrected chi connectivity index (χ0v) is 5.40. The van der Waals surface area contributed by atoms with E-state index in [1.807, 2.05) is 13.0 Å². The molecule has 0 aromatic rings. The molecule has 0 fully saturated rings. The minimum atomic E-state index is 1.13. The molecule has 1 heteroatoms. The summed E-state index contributed by atoms with van der Waals surface area (Å²) in [5, 5.41) is 0. The fraction of sp³-hybridized carbons (Fsp3) is 0.500. The Kier molecular flexibility index (Phi) is 4.89.